The van der Waals surface area contributed by atoms with Gasteiger partial charge >= 0.3 is 5.97 Å². The van der Waals surface area contributed by atoms with Crippen LogP contribution >= 0.6 is 12.4 Å². The first kappa shape index (κ1) is 19.0. The molecule has 0 spiro atoms. The van der Waals surface area contributed by atoms with Crippen molar-refractivity contribution in [3.05, 3.63) is 36.0 Å². The molecule has 0 radical (unpaired) electrons. The number of benzene rings is 1. The van der Waals surface area contributed by atoms with Crippen molar-refractivity contribution in [1.82, 2.24) is 10.3 Å². The number of carbonyl (C=O) groups excluding carboxylic acids is 2. The van der Waals surface area contributed by atoms with Gasteiger partial charge in [-0.15, -0.1) is 12.4 Å². The molecule has 1 aromatic carbocycles. The summed E-state index contributed by atoms with van der Waals surface area (Å²) in [5.74, 6) is -0.595. The van der Waals surface area contributed by atoms with Gasteiger partial charge in [0.1, 0.15) is 0 Å². The first-order chi connectivity index (χ1) is 10.6. The molecule has 0 bridgehead atoms. The topological polar surface area (TPSA) is 97.2 Å². The van der Waals surface area contributed by atoms with Gasteiger partial charge in [0.05, 0.1) is 19.1 Å². The van der Waals surface area contributed by atoms with Crippen LogP contribution in [-0.2, 0) is 20.7 Å². The lowest BCUT2D eigenvalue weighted by atomic mass is 10.1. The zero-order valence-corrected chi connectivity index (χ0v) is 13.8. The zero-order valence-electron chi connectivity index (χ0n) is 13.0. The normalized spacial score (nSPS) is 11.6. The molecule has 0 unspecified atom stereocenters. The summed E-state index contributed by atoms with van der Waals surface area (Å²) in [4.78, 5) is 26.3. The smallest absolute Gasteiger partial charge is 0.307 e. The van der Waals surface area contributed by atoms with Crippen molar-refractivity contribution in [2.75, 3.05) is 13.2 Å². The Balaban J connectivity index is 0.00000264. The Hall–Kier alpha value is -2.05. The minimum Gasteiger partial charge on any atom is -0.466 e. The number of para-hydroxylation sites is 1. The fraction of sp³-hybridized carbons (Fsp3) is 0.375. The highest BCUT2D eigenvalue weighted by Crippen LogP contribution is 2.18. The number of hydrogen-bond donors (Lipinski definition) is 3. The van der Waals surface area contributed by atoms with Crippen LogP contribution in [0.2, 0.25) is 0 Å². The van der Waals surface area contributed by atoms with Crippen LogP contribution in [0.25, 0.3) is 10.9 Å². The SMILES string of the molecule is CCOC(=O)CCNC(=O)[C@@H](N)Cc1c[nH]c2ccccc12.Cl. The van der Waals surface area contributed by atoms with Crippen LogP contribution in [0.3, 0.4) is 0 Å². The molecule has 0 aliphatic carbocycles. The number of carbonyl (C=O) groups is 2. The first-order valence-corrected chi connectivity index (χ1v) is 7.35. The molecule has 6 nitrogen and oxygen atoms in total. The highest BCUT2D eigenvalue weighted by molar-refractivity contribution is 5.86. The van der Waals surface area contributed by atoms with Crippen molar-refractivity contribution < 1.29 is 14.3 Å². The molecular weight excluding hydrogens is 318 g/mol. The molecule has 2 aromatic rings. The lowest BCUT2D eigenvalue weighted by molar-refractivity contribution is -0.143. The maximum absolute atomic E-state index is 11.9. The van der Waals surface area contributed by atoms with E-state index in [1.165, 1.54) is 0 Å². The molecule has 4 N–H and O–H groups in total. The van der Waals surface area contributed by atoms with Gasteiger partial charge in [-0.05, 0) is 25.0 Å². The average Bonchev–Trinajstić information content (AvgIpc) is 2.91. The summed E-state index contributed by atoms with van der Waals surface area (Å²) >= 11 is 0. The number of amides is 1. The molecule has 23 heavy (non-hydrogen) atoms. The van der Waals surface area contributed by atoms with E-state index in [9.17, 15) is 9.59 Å². The largest absolute Gasteiger partial charge is 0.466 e. The fourth-order valence-electron chi connectivity index (χ4n) is 2.28. The summed E-state index contributed by atoms with van der Waals surface area (Å²) in [7, 11) is 0. The zero-order chi connectivity index (χ0) is 15.9. The number of nitrogens with two attached hydrogens (primary N) is 1. The summed E-state index contributed by atoms with van der Waals surface area (Å²) in [6, 6.07) is 7.22. The van der Waals surface area contributed by atoms with E-state index in [0.29, 0.717) is 13.0 Å². The van der Waals surface area contributed by atoms with Gasteiger partial charge in [-0.3, -0.25) is 9.59 Å². The Bertz CT molecular complexity index is 657. The molecule has 1 atom stereocenters. The second-order valence-corrected chi connectivity index (χ2v) is 5.02. The highest BCUT2D eigenvalue weighted by atomic mass is 35.5. The van der Waals surface area contributed by atoms with Crippen molar-refractivity contribution in [2.24, 2.45) is 5.73 Å². The van der Waals surface area contributed by atoms with Gasteiger partial charge in [0.2, 0.25) is 5.91 Å². The summed E-state index contributed by atoms with van der Waals surface area (Å²) in [5.41, 5.74) is 7.96. The van der Waals surface area contributed by atoms with E-state index in [2.05, 4.69) is 10.3 Å². The third-order valence-electron chi connectivity index (χ3n) is 3.39. The molecule has 7 heteroatoms. The van der Waals surface area contributed by atoms with Crippen LogP contribution in [0, 0.1) is 0 Å². The summed E-state index contributed by atoms with van der Waals surface area (Å²) in [6.45, 7) is 2.32. The summed E-state index contributed by atoms with van der Waals surface area (Å²) < 4.78 is 4.79. The van der Waals surface area contributed by atoms with Crippen LogP contribution in [0.15, 0.2) is 30.5 Å². The average molecular weight is 340 g/mol. The number of aromatic amines is 1. The van der Waals surface area contributed by atoms with Gasteiger partial charge < -0.3 is 20.8 Å². The number of H-pyrrole nitrogens is 1. The Morgan fingerprint density at radius 1 is 1.35 bits per heavy atom. The molecule has 126 valence electrons. The molecule has 0 aliphatic rings. The van der Waals surface area contributed by atoms with Gasteiger partial charge in [-0.1, -0.05) is 18.2 Å². The third kappa shape index (κ3) is 5.26. The lowest BCUT2D eigenvalue weighted by Gasteiger charge is -2.11. The van der Waals surface area contributed by atoms with Gasteiger partial charge in [-0.2, -0.15) is 0 Å². The minimum atomic E-state index is -0.651. The van der Waals surface area contributed by atoms with Crippen LogP contribution in [0.1, 0.15) is 18.9 Å². The molecular formula is C16H22ClN3O3. The summed E-state index contributed by atoms with van der Waals surface area (Å²) in [5, 5.41) is 3.72. The number of fused-ring (bicyclic) bond motifs is 1. The second kappa shape index (κ2) is 9.17. The van der Waals surface area contributed by atoms with Crippen LogP contribution in [0.5, 0.6) is 0 Å². The molecule has 0 saturated carbocycles. The molecule has 1 amide bonds. The number of aromatic nitrogens is 1. The predicted molar refractivity (Wildman–Crippen MR) is 91.5 cm³/mol. The molecule has 0 aliphatic heterocycles. The molecule has 1 aromatic heterocycles. The van der Waals surface area contributed by atoms with Gasteiger partial charge in [0.15, 0.2) is 0 Å². The summed E-state index contributed by atoms with van der Waals surface area (Å²) in [6.07, 6.45) is 2.46. The van der Waals surface area contributed by atoms with E-state index in [1.54, 1.807) is 6.92 Å². The van der Waals surface area contributed by atoms with Crippen molar-refractivity contribution >= 4 is 35.2 Å². The molecule has 1 heterocycles. The van der Waals surface area contributed by atoms with E-state index in [0.717, 1.165) is 16.5 Å². The maximum Gasteiger partial charge on any atom is 0.307 e. The van der Waals surface area contributed by atoms with Crippen LogP contribution in [-0.4, -0.2) is 36.1 Å². The second-order valence-electron chi connectivity index (χ2n) is 5.02. The van der Waals surface area contributed by atoms with E-state index in [1.807, 2.05) is 30.5 Å². The number of ether oxygens (including phenoxy) is 1. The monoisotopic (exact) mass is 339 g/mol. The minimum absolute atomic E-state index is 0. The molecule has 0 fully saturated rings. The van der Waals surface area contributed by atoms with Gasteiger partial charge in [0.25, 0.3) is 0 Å². The maximum atomic E-state index is 11.9. The van der Waals surface area contributed by atoms with Gasteiger partial charge in [0, 0.05) is 23.6 Å². The first-order valence-electron chi connectivity index (χ1n) is 7.35. The standard InChI is InChI=1S/C16H21N3O3.ClH/c1-2-22-15(20)7-8-18-16(21)13(17)9-11-10-19-14-6-4-3-5-12(11)14;/h3-6,10,13,19H,2,7-9,17H2,1H3,(H,18,21);1H/t13-;/m0./s1. The van der Waals surface area contributed by atoms with Crippen LogP contribution in [0.4, 0.5) is 0 Å². The Morgan fingerprint density at radius 3 is 2.83 bits per heavy atom. The third-order valence-corrected chi connectivity index (χ3v) is 3.39. The Labute approximate surface area is 141 Å². The van der Waals surface area contributed by atoms with Crippen molar-refractivity contribution in [3.8, 4) is 0 Å². The Kier molecular flexibility index (Phi) is 7.57. The fourth-order valence-corrected chi connectivity index (χ4v) is 2.28. The van der Waals surface area contributed by atoms with Crippen molar-refractivity contribution in [2.45, 2.75) is 25.8 Å². The van der Waals surface area contributed by atoms with Crippen molar-refractivity contribution in [1.29, 1.82) is 0 Å². The highest BCUT2D eigenvalue weighted by Gasteiger charge is 2.16. The van der Waals surface area contributed by atoms with Crippen molar-refractivity contribution in [3.63, 3.8) is 0 Å². The van der Waals surface area contributed by atoms with E-state index >= 15 is 0 Å². The number of hydrogen-bond acceptors (Lipinski definition) is 4. The molecule has 2 rings (SSSR count). The number of rotatable bonds is 7. The quantitative estimate of drug-likeness (QED) is 0.666. The van der Waals surface area contributed by atoms with E-state index < -0.39 is 6.04 Å². The Morgan fingerprint density at radius 2 is 2.09 bits per heavy atom. The molecule has 0 saturated heterocycles. The lowest BCUT2D eigenvalue weighted by Crippen LogP contribution is -2.42. The number of halogens is 1. The van der Waals surface area contributed by atoms with Crippen LogP contribution < -0.4 is 11.1 Å². The van der Waals surface area contributed by atoms with Gasteiger partial charge in [-0.25, -0.2) is 0 Å². The number of esters is 1. The number of nitrogens with one attached hydrogen (secondary N) is 2. The van der Waals surface area contributed by atoms with E-state index in [4.69, 9.17) is 10.5 Å². The van der Waals surface area contributed by atoms with E-state index in [-0.39, 0.29) is 37.2 Å². The predicted octanol–water partition coefficient (Wildman–Crippen LogP) is 1.53.